The van der Waals surface area contributed by atoms with Crippen LogP contribution in [-0.4, -0.2) is 11.0 Å². The Morgan fingerprint density at radius 3 is 2.75 bits per heavy atom. The minimum absolute atomic E-state index is 0.214. The normalized spacial score (nSPS) is 10.3. The van der Waals surface area contributed by atoms with E-state index in [1.165, 1.54) is 6.20 Å². The lowest BCUT2D eigenvalue weighted by Gasteiger charge is -1.87. The molecule has 0 amide bonds. The van der Waals surface area contributed by atoms with E-state index < -0.39 is 5.97 Å². The molecule has 3 nitrogen and oxygen atoms in total. The maximum Gasteiger partial charge on any atom is 0.388 e. The first-order valence-corrected chi connectivity index (χ1v) is 3.56. The van der Waals surface area contributed by atoms with E-state index in [0.29, 0.717) is 5.39 Å². The lowest BCUT2D eigenvalue weighted by atomic mass is 10.2. The smallest absolute Gasteiger partial charge is 0.360 e. The fraction of sp³-hybridized carbons (Fsp3) is 0. The summed E-state index contributed by atoms with van der Waals surface area (Å²) in [6, 6.07) is 7.21. The van der Waals surface area contributed by atoms with Crippen molar-refractivity contribution in [3.05, 3.63) is 36.0 Å². The molecule has 0 atom stereocenters. The van der Waals surface area contributed by atoms with Gasteiger partial charge in [0.1, 0.15) is 0 Å². The molecule has 1 aromatic heterocycles. The lowest BCUT2D eigenvalue weighted by Crippen LogP contribution is -1.90. The number of benzene rings is 1. The van der Waals surface area contributed by atoms with Crippen molar-refractivity contribution < 1.29 is 9.90 Å². The van der Waals surface area contributed by atoms with Crippen LogP contribution in [0.5, 0.6) is 0 Å². The van der Waals surface area contributed by atoms with Gasteiger partial charge in [0.15, 0.2) is 0 Å². The van der Waals surface area contributed by atoms with E-state index in [4.69, 9.17) is 0 Å². The predicted octanol–water partition coefficient (Wildman–Crippen LogP) is 1.74. The molecule has 0 aliphatic rings. The van der Waals surface area contributed by atoms with E-state index in [9.17, 15) is 9.90 Å². The Morgan fingerprint density at radius 2 is 2.00 bits per heavy atom. The van der Waals surface area contributed by atoms with Crippen molar-refractivity contribution in [3.8, 4) is 0 Å². The van der Waals surface area contributed by atoms with Gasteiger partial charge in [-0.05, 0) is 6.07 Å². The summed E-state index contributed by atoms with van der Waals surface area (Å²) >= 11 is 0. The van der Waals surface area contributed by atoms with Gasteiger partial charge in [0.25, 0.3) is 0 Å². The zero-order valence-corrected chi connectivity index (χ0v) is 6.20. The van der Waals surface area contributed by atoms with Gasteiger partial charge in [0.2, 0.25) is 0 Å². The van der Waals surface area contributed by atoms with Gasteiger partial charge < -0.3 is 4.98 Å². The third kappa shape index (κ3) is 0.871. The predicted molar refractivity (Wildman–Crippen MR) is 43.3 cm³/mol. The van der Waals surface area contributed by atoms with E-state index in [1.54, 1.807) is 12.1 Å². The fourth-order valence-electron chi connectivity index (χ4n) is 1.24. The van der Waals surface area contributed by atoms with E-state index in [-0.39, 0.29) is 5.56 Å². The summed E-state index contributed by atoms with van der Waals surface area (Å²) in [5, 5.41) is 11.2. The topological polar surface area (TPSA) is 52.8 Å². The van der Waals surface area contributed by atoms with E-state index in [0.717, 1.165) is 5.52 Å². The molecule has 3 heteroatoms. The highest BCUT2D eigenvalue weighted by molar-refractivity contribution is 6.02. The first-order chi connectivity index (χ1) is 5.79. The Hall–Kier alpha value is -1.77. The van der Waals surface area contributed by atoms with Crippen molar-refractivity contribution in [2.45, 2.75) is 0 Å². The van der Waals surface area contributed by atoms with Crippen LogP contribution >= 0.6 is 0 Å². The zero-order valence-electron chi connectivity index (χ0n) is 6.20. The number of carbonyl (C=O) groups excluding carboxylic acids is 1. The molecule has 1 heterocycles. The standard InChI is InChI=1S/C9H6NO2/c11-9(12)7-5-10-8-4-2-1-3-6(7)8/h1-5,10H. The number of nitrogens with one attached hydrogen (secondary N) is 1. The van der Waals surface area contributed by atoms with Crippen LogP contribution in [0.15, 0.2) is 30.5 Å². The highest BCUT2D eigenvalue weighted by Gasteiger charge is 2.10. The zero-order chi connectivity index (χ0) is 8.55. The molecule has 1 radical (unpaired) electrons. The Bertz CT molecular complexity index is 431. The van der Waals surface area contributed by atoms with Gasteiger partial charge in [-0.15, -0.1) is 0 Å². The molecule has 2 aromatic rings. The van der Waals surface area contributed by atoms with Crippen LogP contribution in [-0.2, 0) is 5.11 Å². The summed E-state index contributed by atoms with van der Waals surface area (Å²) < 4.78 is 0. The van der Waals surface area contributed by atoms with Crippen LogP contribution in [0.4, 0.5) is 0 Å². The third-order valence-electron chi connectivity index (χ3n) is 1.81. The van der Waals surface area contributed by atoms with Crippen LogP contribution in [0.1, 0.15) is 10.4 Å². The minimum Gasteiger partial charge on any atom is -0.360 e. The number of aromatic amines is 1. The van der Waals surface area contributed by atoms with Gasteiger partial charge in [0, 0.05) is 17.1 Å². The van der Waals surface area contributed by atoms with Gasteiger partial charge in [-0.2, -0.15) is 0 Å². The lowest BCUT2D eigenvalue weighted by molar-refractivity contribution is 0.0575. The number of hydrogen-bond acceptors (Lipinski definition) is 1. The monoisotopic (exact) mass is 160 g/mol. The van der Waals surface area contributed by atoms with Crippen molar-refractivity contribution in [1.29, 1.82) is 0 Å². The summed E-state index contributed by atoms with van der Waals surface area (Å²) in [7, 11) is 0. The summed E-state index contributed by atoms with van der Waals surface area (Å²) in [6.45, 7) is 0. The van der Waals surface area contributed by atoms with Crippen LogP contribution in [0, 0.1) is 0 Å². The molecular weight excluding hydrogens is 154 g/mol. The second-order valence-corrected chi connectivity index (χ2v) is 2.54. The number of para-hydroxylation sites is 1. The molecule has 59 valence electrons. The van der Waals surface area contributed by atoms with E-state index in [1.807, 2.05) is 12.1 Å². The van der Waals surface area contributed by atoms with Gasteiger partial charge >= 0.3 is 5.97 Å². The highest BCUT2D eigenvalue weighted by Crippen LogP contribution is 2.17. The number of hydrogen-bond donors (Lipinski definition) is 1. The Kier molecular flexibility index (Phi) is 1.37. The molecule has 0 fully saturated rings. The molecule has 0 aliphatic carbocycles. The van der Waals surface area contributed by atoms with Crippen LogP contribution < -0.4 is 0 Å². The maximum absolute atomic E-state index is 10.5. The average Bonchev–Trinajstić information content (AvgIpc) is 2.47. The Morgan fingerprint density at radius 1 is 1.25 bits per heavy atom. The summed E-state index contributed by atoms with van der Waals surface area (Å²) in [5.41, 5.74) is 1.03. The van der Waals surface area contributed by atoms with Crippen LogP contribution in [0.2, 0.25) is 0 Å². The molecule has 0 spiro atoms. The molecule has 0 saturated carbocycles. The molecular formula is C9H6NO2. The largest absolute Gasteiger partial charge is 0.388 e. The van der Waals surface area contributed by atoms with Gasteiger partial charge in [-0.3, -0.25) is 0 Å². The second-order valence-electron chi connectivity index (χ2n) is 2.54. The van der Waals surface area contributed by atoms with Crippen LogP contribution in [0.25, 0.3) is 10.9 Å². The highest BCUT2D eigenvalue weighted by atomic mass is 16.4. The van der Waals surface area contributed by atoms with E-state index >= 15 is 0 Å². The van der Waals surface area contributed by atoms with Gasteiger partial charge in [-0.1, -0.05) is 18.2 Å². The van der Waals surface area contributed by atoms with Crippen molar-refractivity contribution in [2.75, 3.05) is 0 Å². The fourth-order valence-corrected chi connectivity index (χ4v) is 1.24. The first-order valence-electron chi connectivity index (χ1n) is 3.56. The number of rotatable bonds is 1. The number of fused-ring (bicyclic) bond motifs is 1. The first kappa shape index (κ1) is 6.91. The molecule has 0 saturated heterocycles. The number of aromatic nitrogens is 1. The minimum atomic E-state index is -1.15. The maximum atomic E-state index is 10.5. The third-order valence-corrected chi connectivity index (χ3v) is 1.81. The molecule has 12 heavy (non-hydrogen) atoms. The van der Waals surface area contributed by atoms with Crippen molar-refractivity contribution >= 4 is 16.9 Å². The molecule has 0 aliphatic heterocycles. The molecule has 0 bridgehead atoms. The molecule has 1 aromatic carbocycles. The van der Waals surface area contributed by atoms with Crippen LogP contribution in [0.3, 0.4) is 0 Å². The second kappa shape index (κ2) is 2.37. The van der Waals surface area contributed by atoms with Crippen molar-refractivity contribution in [1.82, 2.24) is 4.98 Å². The summed E-state index contributed by atoms with van der Waals surface area (Å²) in [6.07, 6.45) is 1.44. The van der Waals surface area contributed by atoms with E-state index in [2.05, 4.69) is 4.98 Å². The number of H-pyrrole nitrogens is 1. The number of carbonyl (C=O) groups is 1. The van der Waals surface area contributed by atoms with Crippen molar-refractivity contribution in [2.24, 2.45) is 0 Å². The van der Waals surface area contributed by atoms with Gasteiger partial charge in [-0.25, -0.2) is 9.90 Å². The quantitative estimate of drug-likeness (QED) is 0.678. The molecule has 1 N–H and O–H groups in total. The van der Waals surface area contributed by atoms with Crippen molar-refractivity contribution in [3.63, 3.8) is 0 Å². The Labute approximate surface area is 68.6 Å². The van der Waals surface area contributed by atoms with Gasteiger partial charge in [0.05, 0.1) is 5.56 Å². The Balaban J connectivity index is 2.79. The summed E-state index contributed by atoms with van der Waals surface area (Å²) in [4.78, 5) is 13.4. The average molecular weight is 160 g/mol. The molecule has 2 rings (SSSR count). The molecule has 0 unspecified atom stereocenters. The summed E-state index contributed by atoms with van der Waals surface area (Å²) in [5.74, 6) is -1.15. The SMILES string of the molecule is [O]C(=O)c1c[nH]c2ccccc12.